The molecule has 1 aromatic heterocycles. The molecule has 1 fully saturated rings. The zero-order valence-electron chi connectivity index (χ0n) is 17.7. The molecule has 0 radical (unpaired) electrons. The van der Waals surface area contributed by atoms with Crippen molar-refractivity contribution in [2.45, 2.75) is 4.90 Å². The molecule has 0 bridgehead atoms. The van der Waals surface area contributed by atoms with Crippen LogP contribution in [0.2, 0.25) is 0 Å². The standard InChI is InChI=1S/C21H23Br2N5O4S/c1-2-17-15-19(28(29)30)16-20(21(17)26(9-5-22)10-6-23)33(31,32)27-13-11-25(12-14-27)18-3-7-24-8-4-18/h1,3-4,7-8,15-16H,5-6,9-14H2. The number of nitro benzene ring substituents is 1. The maximum absolute atomic E-state index is 13.8. The lowest BCUT2D eigenvalue weighted by atomic mass is 10.1. The Balaban J connectivity index is 2.03. The SMILES string of the molecule is C#Cc1cc([N+](=O)[O-])cc(S(=O)(=O)N2CCN(c3ccncc3)CC2)c1N(CCBr)CCBr. The van der Waals surface area contributed by atoms with Crippen LogP contribution < -0.4 is 9.80 Å². The van der Waals surface area contributed by atoms with E-state index in [2.05, 4.69) is 47.7 Å². The molecule has 1 aromatic carbocycles. The smallest absolute Gasteiger partial charge is 0.272 e. The number of non-ortho nitro benzene ring substituents is 1. The summed E-state index contributed by atoms with van der Waals surface area (Å²) in [5.41, 5.74) is 1.12. The predicted molar refractivity (Wildman–Crippen MR) is 136 cm³/mol. The van der Waals surface area contributed by atoms with Crippen LogP contribution in [-0.2, 0) is 10.0 Å². The molecular weight excluding hydrogens is 578 g/mol. The molecule has 176 valence electrons. The van der Waals surface area contributed by atoms with Gasteiger partial charge in [0.25, 0.3) is 5.69 Å². The lowest BCUT2D eigenvalue weighted by molar-refractivity contribution is -0.385. The van der Waals surface area contributed by atoms with Gasteiger partial charge in [-0.25, -0.2) is 8.42 Å². The van der Waals surface area contributed by atoms with Crippen molar-refractivity contribution >= 4 is 58.9 Å². The molecule has 0 saturated carbocycles. The average molecular weight is 601 g/mol. The van der Waals surface area contributed by atoms with Gasteiger partial charge in [-0.15, -0.1) is 6.42 Å². The summed E-state index contributed by atoms with van der Waals surface area (Å²) in [7, 11) is -4.05. The van der Waals surface area contributed by atoms with Crippen LogP contribution in [-0.4, -0.2) is 72.6 Å². The number of pyridine rings is 1. The minimum absolute atomic E-state index is 0.135. The second-order valence-electron chi connectivity index (χ2n) is 7.20. The van der Waals surface area contributed by atoms with Crippen molar-refractivity contribution in [3.8, 4) is 12.3 Å². The number of hydrogen-bond donors (Lipinski definition) is 0. The number of piperazine rings is 1. The van der Waals surface area contributed by atoms with Crippen LogP contribution in [0.5, 0.6) is 0 Å². The molecule has 0 N–H and O–H groups in total. The van der Waals surface area contributed by atoms with Gasteiger partial charge in [-0.3, -0.25) is 15.1 Å². The molecule has 3 rings (SSSR count). The van der Waals surface area contributed by atoms with Crippen molar-refractivity contribution in [3.05, 3.63) is 52.3 Å². The summed E-state index contributed by atoms with van der Waals surface area (Å²) in [5.74, 6) is 2.46. The summed E-state index contributed by atoms with van der Waals surface area (Å²) in [6, 6.07) is 6.13. The van der Waals surface area contributed by atoms with Gasteiger partial charge in [0.1, 0.15) is 4.90 Å². The van der Waals surface area contributed by atoms with Crippen LogP contribution in [0.15, 0.2) is 41.6 Å². The van der Waals surface area contributed by atoms with Gasteiger partial charge >= 0.3 is 0 Å². The third-order valence-electron chi connectivity index (χ3n) is 5.34. The number of aromatic nitrogens is 1. The first-order chi connectivity index (χ1) is 15.8. The molecule has 1 saturated heterocycles. The van der Waals surface area contributed by atoms with Crippen LogP contribution in [0.25, 0.3) is 0 Å². The van der Waals surface area contributed by atoms with Crippen molar-refractivity contribution in [2.24, 2.45) is 0 Å². The normalized spacial score (nSPS) is 14.6. The summed E-state index contributed by atoms with van der Waals surface area (Å²) < 4.78 is 28.9. The van der Waals surface area contributed by atoms with Gasteiger partial charge in [0.15, 0.2) is 0 Å². The molecule has 0 amide bonds. The number of benzene rings is 1. The highest BCUT2D eigenvalue weighted by atomic mass is 79.9. The van der Waals surface area contributed by atoms with Gasteiger partial charge in [-0.2, -0.15) is 4.31 Å². The largest absolute Gasteiger partial charge is 0.369 e. The van der Waals surface area contributed by atoms with Crippen molar-refractivity contribution in [1.29, 1.82) is 0 Å². The van der Waals surface area contributed by atoms with E-state index in [1.807, 2.05) is 17.0 Å². The number of halogens is 2. The zero-order valence-corrected chi connectivity index (χ0v) is 21.7. The Hall–Kier alpha value is -2.20. The molecule has 0 spiro atoms. The Morgan fingerprint density at radius 2 is 1.73 bits per heavy atom. The highest BCUT2D eigenvalue weighted by Gasteiger charge is 2.34. The number of anilines is 2. The lowest BCUT2D eigenvalue weighted by Crippen LogP contribution is -2.49. The topological polar surface area (TPSA) is 99.9 Å². The third kappa shape index (κ3) is 5.66. The first-order valence-corrected chi connectivity index (χ1v) is 13.8. The fraction of sp³-hybridized carbons (Fsp3) is 0.381. The maximum atomic E-state index is 13.8. The zero-order chi connectivity index (χ0) is 24.0. The highest BCUT2D eigenvalue weighted by molar-refractivity contribution is 9.09. The predicted octanol–water partition coefficient (Wildman–Crippen LogP) is 3.08. The van der Waals surface area contributed by atoms with Crippen LogP contribution in [0.1, 0.15) is 5.56 Å². The summed E-state index contributed by atoms with van der Waals surface area (Å²) in [6.45, 7) is 2.43. The molecule has 0 unspecified atom stereocenters. The van der Waals surface area contributed by atoms with E-state index < -0.39 is 14.9 Å². The van der Waals surface area contributed by atoms with Gasteiger partial charge < -0.3 is 9.80 Å². The number of nitrogens with zero attached hydrogens (tertiary/aromatic N) is 5. The molecule has 2 heterocycles. The summed E-state index contributed by atoms with van der Waals surface area (Å²) >= 11 is 6.79. The molecule has 9 nitrogen and oxygen atoms in total. The quantitative estimate of drug-likeness (QED) is 0.189. The van der Waals surface area contributed by atoms with Crippen LogP contribution in [0.4, 0.5) is 17.1 Å². The molecular formula is C21H23Br2N5O4S. The van der Waals surface area contributed by atoms with E-state index in [0.717, 1.165) is 11.8 Å². The lowest BCUT2D eigenvalue weighted by Gasteiger charge is -2.36. The number of alkyl halides is 2. The van der Waals surface area contributed by atoms with E-state index >= 15 is 0 Å². The Kier molecular flexibility index (Phi) is 8.69. The maximum Gasteiger partial charge on any atom is 0.272 e. The minimum atomic E-state index is -4.05. The van der Waals surface area contributed by atoms with Crippen molar-refractivity contribution in [2.75, 3.05) is 59.7 Å². The molecule has 33 heavy (non-hydrogen) atoms. The van der Waals surface area contributed by atoms with Crippen molar-refractivity contribution in [1.82, 2.24) is 9.29 Å². The third-order valence-corrected chi connectivity index (χ3v) is 7.96. The second-order valence-corrected chi connectivity index (χ2v) is 10.7. The van der Waals surface area contributed by atoms with Crippen molar-refractivity contribution in [3.63, 3.8) is 0 Å². The van der Waals surface area contributed by atoms with Gasteiger partial charge in [0.05, 0.1) is 16.2 Å². The van der Waals surface area contributed by atoms with E-state index in [0.29, 0.717) is 42.5 Å². The van der Waals surface area contributed by atoms with E-state index in [1.165, 1.54) is 10.4 Å². The van der Waals surface area contributed by atoms with E-state index in [-0.39, 0.29) is 29.2 Å². The average Bonchev–Trinajstić information content (AvgIpc) is 2.83. The first kappa shape index (κ1) is 25.4. The Bertz CT molecular complexity index is 1130. The first-order valence-electron chi connectivity index (χ1n) is 10.1. The Morgan fingerprint density at radius 1 is 1.12 bits per heavy atom. The molecule has 1 aliphatic rings. The fourth-order valence-corrected chi connectivity index (χ4v) is 6.28. The molecule has 1 aliphatic heterocycles. The van der Waals surface area contributed by atoms with E-state index in [1.54, 1.807) is 12.4 Å². The molecule has 0 aliphatic carbocycles. The van der Waals surface area contributed by atoms with Gasteiger partial charge in [-0.05, 0) is 12.1 Å². The second kappa shape index (κ2) is 11.3. The van der Waals surface area contributed by atoms with Crippen LogP contribution in [0, 0.1) is 22.5 Å². The van der Waals surface area contributed by atoms with Crippen LogP contribution >= 0.6 is 31.9 Å². The highest BCUT2D eigenvalue weighted by Crippen LogP contribution is 2.36. The minimum Gasteiger partial charge on any atom is -0.369 e. The fourth-order valence-electron chi connectivity index (χ4n) is 3.75. The van der Waals surface area contributed by atoms with Crippen LogP contribution in [0.3, 0.4) is 0 Å². The van der Waals surface area contributed by atoms with E-state index in [4.69, 9.17) is 6.42 Å². The number of sulfonamides is 1. The van der Waals surface area contributed by atoms with Gasteiger partial charge in [-0.1, -0.05) is 37.8 Å². The van der Waals surface area contributed by atoms with E-state index in [9.17, 15) is 18.5 Å². The molecule has 0 atom stereocenters. The Labute approximate surface area is 210 Å². The number of nitro groups is 1. The van der Waals surface area contributed by atoms with Crippen molar-refractivity contribution < 1.29 is 13.3 Å². The number of hydrogen-bond acceptors (Lipinski definition) is 7. The Morgan fingerprint density at radius 3 is 2.24 bits per heavy atom. The van der Waals surface area contributed by atoms with Gasteiger partial charge in [0.2, 0.25) is 10.0 Å². The number of rotatable bonds is 9. The summed E-state index contributed by atoms with van der Waals surface area (Å²) in [6.07, 6.45) is 9.06. The molecule has 2 aromatic rings. The monoisotopic (exact) mass is 599 g/mol. The van der Waals surface area contributed by atoms with Gasteiger partial charge in [0, 0.05) is 80.1 Å². The summed E-state index contributed by atoms with van der Waals surface area (Å²) in [4.78, 5) is 18.7. The summed E-state index contributed by atoms with van der Waals surface area (Å²) in [5, 5.41) is 12.7. The number of terminal acetylenes is 1. The molecule has 12 heteroatoms.